The fourth-order valence-corrected chi connectivity index (χ4v) is 8.00. The number of carboxylic acid groups (broad SMARTS) is 8. The molecule has 0 aliphatic rings. The molecule has 0 radical (unpaired) electrons. The van der Waals surface area contributed by atoms with Gasteiger partial charge in [-0.2, -0.15) is 0 Å². The molecule has 0 aliphatic heterocycles. The second-order valence-corrected chi connectivity index (χ2v) is 18.4. The summed E-state index contributed by atoms with van der Waals surface area (Å²) < 4.78 is 0. The Morgan fingerprint density at radius 3 is 0.897 bits per heavy atom. The lowest BCUT2D eigenvalue weighted by atomic mass is 9.94. The third kappa shape index (κ3) is 19.8. The number of benzene rings is 3. The highest BCUT2D eigenvalue weighted by molar-refractivity contribution is 6.07. The molecule has 8 N–H and O–H groups in total. The molecule has 0 aromatic heterocycles. The molecule has 3 rings (SSSR count). The molecule has 0 fully saturated rings. The monoisotopic (exact) mass is 1090 g/mol. The zero-order valence-corrected chi connectivity index (χ0v) is 44.1. The number of hydrogen-bond donors (Lipinski definition) is 8. The zero-order valence-electron chi connectivity index (χ0n) is 44.1. The van der Waals surface area contributed by atoms with Crippen molar-refractivity contribution in [1.82, 2.24) is 0 Å². The predicted octanol–water partition coefficient (Wildman–Crippen LogP) is 5.99. The first-order valence-corrected chi connectivity index (χ1v) is 23.8. The van der Waals surface area contributed by atoms with Crippen molar-refractivity contribution in [3.63, 3.8) is 0 Å². The SMILES string of the molecule is CC(=O)N(c1cc(C(=O)O)cc(C(=O)O)c1)C(C(=O)CCC(=O)O)C(C)C.CC(=O)N(c1ccc(C(=O)O)c(C(=O)O)c1)C(C(=O)CCC(=O)O)C(C)C.CC(=O)N(c1ccc(C(=O)O)cc1)C(C(=O)CCC(=O)O)C(C)C. The van der Waals surface area contributed by atoms with E-state index in [4.69, 9.17) is 25.5 Å². The highest BCUT2D eigenvalue weighted by atomic mass is 16.4. The second kappa shape index (κ2) is 30.4. The van der Waals surface area contributed by atoms with Crippen molar-refractivity contribution in [1.29, 1.82) is 0 Å². The van der Waals surface area contributed by atoms with Crippen LogP contribution >= 0.6 is 0 Å². The van der Waals surface area contributed by atoms with Crippen LogP contribution in [0.1, 0.15) is 153 Å². The van der Waals surface area contributed by atoms with Gasteiger partial charge in [-0.1, -0.05) is 41.5 Å². The molecular weight excluding hydrogens is 1030 g/mol. The molecule has 0 spiro atoms. The molecule has 3 atom stereocenters. The average Bonchev–Trinajstić information content (AvgIpc) is 3.33. The number of amides is 3. The number of carbonyl (C=O) groups is 14. The van der Waals surface area contributed by atoms with Crippen molar-refractivity contribution in [3.05, 3.63) is 88.5 Å². The summed E-state index contributed by atoms with van der Waals surface area (Å²) in [6, 6.07) is 9.23. The zero-order chi connectivity index (χ0) is 60.2. The fraction of sp³-hybridized carbons (Fsp3) is 0.396. The topological polar surface area (TPSA) is 411 Å². The molecule has 25 heteroatoms. The molecule has 0 heterocycles. The molecule has 0 saturated heterocycles. The van der Waals surface area contributed by atoms with E-state index in [-0.39, 0.29) is 77.3 Å². The number of aliphatic carboxylic acids is 3. The molecule has 0 bridgehead atoms. The average molecular weight is 1090 g/mol. The van der Waals surface area contributed by atoms with Crippen LogP contribution in [0.4, 0.5) is 17.1 Å². The Hall–Kier alpha value is -9.16. The third-order valence-corrected chi connectivity index (χ3v) is 11.3. The maximum atomic E-state index is 12.6. The van der Waals surface area contributed by atoms with Gasteiger partial charge in [0.05, 0.1) is 65.2 Å². The van der Waals surface area contributed by atoms with Crippen LogP contribution in [0.5, 0.6) is 0 Å². The molecule has 0 saturated carbocycles. The number of anilines is 3. The first-order chi connectivity index (χ1) is 36.1. The van der Waals surface area contributed by atoms with Crippen molar-refractivity contribution < 1.29 is 108 Å². The summed E-state index contributed by atoms with van der Waals surface area (Å²) >= 11 is 0. The molecule has 3 amide bonds. The summed E-state index contributed by atoms with van der Waals surface area (Å²) in [6.45, 7) is 13.8. The first kappa shape index (κ1) is 66.9. The molecule has 422 valence electrons. The number of hydrogen-bond acceptors (Lipinski definition) is 14. The van der Waals surface area contributed by atoms with Gasteiger partial charge < -0.3 is 55.6 Å². The van der Waals surface area contributed by atoms with Gasteiger partial charge in [0.1, 0.15) is 0 Å². The van der Waals surface area contributed by atoms with Crippen molar-refractivity contribution in [3.8, 4) is 0 Å². The van der Waals surface area contributed by atoms with Crippen LogP contribution in [0.2, 0.25) is 0 Å². The van der Waals surface area contributed by atoms with Crippen LogP contribution in [0.25, 0.3) is 0 Å². The Morgan fingerprint density at radius 2 is 0.628 bits per heavy atom. The van der Waals surface area contributed by atoms with Crippen LogP contribution in [0.15, 0.2) is 60.7 Å². The van der Waals surface area contributed by atoms with Gasteiger partial charge >= 0.3 is 47.8 Å². The number of aromatic carboxylic acids is 5. The van der Waals surface area contributed by atoms with Gasteiger partial charge in [-0.3, -0.25) is 43.2 Å². The Balaban J connectivity index is 0.000000586. The molecule has 78 heavy (non-hydrogen) atoms. The van der Waals surface area contributed by atoms with E-state index in [1.807, 2.05) is 0 Å². The Morgan fingerprint density at radius 1 is 0.333 bits per heavy atom. The van der Waals surface area contributed by atoms with Gasteiger partial charge in [-0.05, 0) is 78.4 Å². The van der Waals surface area contributed by atoms with Gasteiger partial charge in [-0.25, -0.2) is 24.0 Å². The van der Waals surface area contributed by atoms with Gasteiger partial charge in [-0.15, -0.1) is 0 Å². The second-order valence-electron chi connectivity index (χ2n) is 18.4. The lowest BCUT2D eigenvalue weighted by Gasteiger charge is -2.33. The van der Waals surface area contributed by atoms with Crippen LogP contribution in [-0.4, -0.2) is 142 Å². The number of Topliss-reactive ketones (excluding diaryl/α,β-unsaturated/α-hetero) is 3. The van der Waals surface area contributed by atoms with Crippen molar-refractivity contribution in [2.24, 2.45) is 17.8 Å². The van der Waals surface area contributed by atoms with Gasteiger partial charge in [0.15, 0.2) is 17.3 Å². The van der Waals surface area contributed by atoms with Crippen molar-refractivity contribution >= 4 is 99.9 Å². The summed E-state index contributed by atoms with van der Waals surface area (Å²) in [7, 11) is 0. The highest BCUT2D eigenvalue weighted by Crippen LogP contribution is 2.29. The minimum Gasteiger partial charge on any atom is -0.481 e. The molecular formula is C53H63N3O22. The van der Waals surface area contributed by atoms with Crippen molar-refractivity contribution in [2.45, 2.75) is 119 Å². The van der Waals surface area contributed by atoms with Crippen LogP contribution in [0.3, 0.4) is 0 Å². The van der Waals surface area contributed by atoms with E-state index in [2.05, 4.69) is 0 Å². The standard InChI is InChI=1S/2C18H21NO8.C17H21NO6/c1-9(2)16(14(21)4-5-15(22)23)19(10(3)20)13-7-11(17(24)25)6-12(8-13)18(26)27;1-9(2)16(14(21)6-7-15(22)23)19(10(3)20)11-4-5-12(17(24)25)13(8-11)18(26)27;1-10(2)16(14(20)8-9-15(21)22)18(11(3)19)13-6-4-12(5-7-13)17(23)24/h6-9,16H,4-5H2,1-3H3,(H,22,23)(H,24,25)(H,26,27);4-5,8-9,16H,6-7H2,1-3H3,(H,22,23)(H,24,25)(H,26,27);4-7,10,16H,8-9H2,1-3H3,(H,21,22)(H,23,24). The van der Waals surface area contributed by atoms with Crippen molar-refractivity contribution in [2.75, 3.05) is 14.7 Å². The normalized spacial score (nSPS) is 11.7. The summed E-state index contributed by atoms with van der Waals surface area (Å²) in [4.78, 5) is 166. The van der Waals surface area contributed by atoms with Gasteiger partial charge in [0, 0.05) is 57.1 Å². The van der Waals surface area contributed by atoms with E-state index in [9.17, 15) is 82.4 Å². The Bertz CT molecular complexity index is 2770. The van der Waals surface area contributed by atoms with E-state index >= 15 is 0 Å². The van der Waals surface area contributed by atoms with Crippen LogP contribution in [0, 0.1) is 17.8 Å². The fourth-order valence-electron chi connectivity index (χ4n) is 8.00. The number of rotatable bonds is 26. The lowest BCUT2D eigenvalue weighted by molar-refractivity contribution is -0.139. The maximum Gasteiger partial charge on any atom is 0.336 e. The van der Waals surface area contributed by atoms with Crippen LogP contribution in [-0.2, 0) is 43.2 Å². The predicted molar refractivity (Wildman–Crippen MR) is 275 cm³/mol. The van der Waals surface area contributed by atoms with E-state index in [0.717, 1.165) is 47.1 Å². The number of carbonyl (C=O) groups excluding carboxylic acids is 6. The summed E-state index contributed by atoms with van der Waals surface area (Å²) in [5.74, 6) is -14.1. The minimum atomic E-state index is -1.49. The Kier molecular flexibility index (Phi) is 26.1. The smallest absolute Gasteiger partial charge is 0.336 e. The van der Waals surface area contributed by atoms with Crippen LogP contribution < -0.4 is 14.7 Å². The number of nitrogens with zero attached hydrogens (tertiary/aromatic N) is 3. The van der Waals surface area contributed by atoms with E-state index < -0.39 is 119 Å². The maximum absolute atomic E-state index is 12.6. The number of ketones is 3. The lowest BCUT2D eigenvalue weighted by Crippen LogP contribution is -2.47. The number of carboxylic acids is 8. The highest BCUT2D eigenvalue weighted by Gasteiger charge is 2.35. The molecule has 0 aliphatic carbocycles. The van der Waals surface area contributed by atoms with E-state index in [0.29, 0.717) is 5.69 Å². The Labute approximate surface area is 446 Å². The van der Waals surface area contributed by atoms with E-state index in [1.165, 1.54) is 49.1 Å². The molecule has 25 nitrogen and oxygen atoms in total. The summed E-state index contributed by atoms with van der Waals surface area (Å²) in [5, 5.41) is 72.0. The summed E-state index contributed by atoms with van der Waals surface area (Å²) in [5.41, 5.74) is -1.21. The van der Waals surface area contributed by atoms with E-state index in [1.54, 1.807) is 41.5 Å². The molecule has 3 aromatic carbocycles. The van der Waals surface area contributed by atoms with Gasteiger partial charge in [0.25, 0.3) is 0 Å². The third-order valence-electron chi connectivity index (χ3n) is 11.3. The molecule has 3 unspecified atom stereocenters. The minimum absolute atomic E-state index is 0.0484. The van der Waals surface area contributed by atoms with Gasteiger partial charge in [0.2, 0.25) is 17.7 Å². The quantitative estimate of drug-likeness (QED) is 0.0458. The summed E-state index contributed by atoms with van der Waals surface area (Å²) in [6.07, 6.45) is -1.89. The molecule has 3 aromatic rings. The largest absolute Gasteiger partial charge is 0.481 e. The first-order valence-electron chi connectivity index (χ1n) is 23.8.